The number of anilines is 2. The van der Waals surface area contributed by atoms with E-state index in [0.717, 1.165) is 11.3 Å². The molecular formula is C23H26N4O. The molecule has 0 fully saturated rings. The molecule has 0 radical (unpaired) electrons. The highest BCUT2D eigenvalue weighted by molar-refractivity contribution is 6.02. The highest BCUT2D eigenvalue weighted by Crippen LogP contribution is 2.23. The molecule has 0 spiro atoms. The fourth-order valence-corrected chi connectivity index (χ4v) is 2.84. The fraction of sp³-hybridized carbons (Fsp3) is 0.261. The zero-order valence-corrected chi connectivity index (χ0v) is 16.8. The van der Waals surface area contributed by atoms with Crippen LogP contribution in [0, 0.1) is 0 Å². The van der Waals surface area contributed by atoms with Crippen LogP contribution in [-0.2, 0) is 12.0 Å². The standard InChI is InChI=1S/C23H26N4O/c1-23(2,3)18-10-12-19(13-11-18)25-21(28)20-14-15-24-22(26-20)27(4)16-17-8-6-5-7-9-17/h5-15H,16H2,1-4H3,(H,25,28). The van der Waals surface area contributed by atoms with Crippen LogP contribution < -0.4 is 10.2 Å². The summed E-state index contributed by atoms with van der Waals surface area (Å²) in [5.74, 6) is 0.264. The third-order valence-electron chi connectivity index (χ3n) is 4.49. The number of benzene rings is 2. The van der Waals surface area contributed by atoms with E-state index in [-0.39, 0.29) is 11.3 Å². The molecule has 1 aromatic heterocycles. The molecule has 3 rings (SSSR count). The minimum Gasteiger partial charge on any atom is -0.340 e. The first kappa shape index (κ1) is 19.5. The molecule has 0 bridgehead atoms. The van der Waals surface area contributed by atoms with Gasteiger partial charge < -0.3 is 10.2 Å². The summed E-state index contributed by atoms with van der Waals surface area (Å²) in [4.78, 5) is 23.3. The third kappa shape index (κ3) is 4.94. The number of hydrogen-bond donors (Lipinski definition) is 1. The van der Waals surface area contributed by atoms with Crippen LogP contribution in [0.2, 0.25) is 0 Å². The molecule has 0 atom stereocenters. The lowest BCUT2D eigenvalue weighted by Gasteiger charge is -2.19. The molecule has 1 N–H and O–H groups in total. The van der Waals surface area contributed by atoms with Gasteiger partial charge in [-0.25, -0.2) is 9.97 Å². The predicted octanol–water partition coefficient (Wildman–Crippen LogP) is 4.66. The van der Waals surface area contributed by atoms with Crippen LogP contribution >= 0.6 is 0 Å². The second kappa shape index (κ2) is 8.21. The second-order valence-electron chi connectivity index (χ2n) is 7.87. The van der Waals surface area contributed by atoms with Crippen LogP contribution in [0.5, 0.6) is 0 Å². The molecule has 0 unspecified atom stereocenters. The lowest BCUT2D eigenvalue weighted by molar-refractivity contribution is 0.102. The molecular weight excluding hydrogens is 348 g/mol. The van der Waals surface area contributed by atoms with Crippen molar-refractivity contribution in [1.29, 1.82) is 0 Å². The van der Waals surface area contributed by atoms with Crippen LogP contribution in [0.25, 0.3) is 0 Å². The Hall–Kier alpha value is -3.21. The average Bonchev–Trinajstić information content (AvgIpc) is 2.68. The van der Waals surface area contributed by atoms with Gasteiger partial charge in [-0.1, -0.05) is 63.2 Å². The average molecular weight is 374 g/mol. The maximum absolute atomic E-state index is 12.6. The minimum absolute atomic E-state index is 0.0768. The van der Waals surface area contributed by atoms with E-state index in [1.165, 1.54) is 5.56 Å². The number of hydrogen-bond acceptors (Lipinski definition) is 4. The summed E-state index contributed by atoms with van der Waals surface area (Å²) >= 11 is 0. The van der Waals surface area contributed by atoms with Gasteiger partial charge >= 0.3 is 0 Å². The van der Waals surface area contributed by atoms with Crippen LogP contribution in [0.4, 0.5) is 11.6 Å². The number of carbonyl (C=O) groups excluding carboxylic acids is 1. The Bertz CT molecular complexity index is 931. The molecule has 0 aliphatic heterocycles. The van der Waals surface area contributed by atoms with Crippen molar-refractivity contribution in [2.24, 2.45) is 0 Å². The van der Waals surface area contributed by atoms with Crippen LogP contribution in [0.15, 0.2) is 66.9 Å². The van der Waals surface area contributed by atoms with Crippen LogP contribution in [0.3, 0.4) is 0 Å². The lowest BCUT2D eigenvalue weighted by atomic mass is 9.87. The maximum Gasteiger partial charge on any atom is 0.274 e. The molecule has 28 heavy (non-hydrogen) atoms. The van der Waals surface area contributed by atoms with E-state index < -0.39 is 0 Å². The highest BCUT2D eigenvalue weighted by Gasteiger charge is 2.15. The van der Waals surface area contributed by atoms with Gasteiger partial charge in [0.25, 0.3) is 5.91 Å². The van der Waals surface area contributed by atoms with E-state index in [4.69, 9.17) is 0 Å². The van der Waals surface area contributed by atoms with Crippen LogP contribution in [0.1, 0.15) is 42.4 Å². The molecule has 1 amide bonds. The molecule has 0 saturated carbocycles. The Morgan fingerprint density at radius 1 is 1.00 bits per heavy atom. The fourth-order valence-electron chi connectivity index (χ4n) is 2.84. The molecule has 0 aliphatic rings. The number of nitrogens with one attached hydrogen (secondary N) is 1. The number of amides is 1. The van der Waals surface area contributed by atoms with Crippen molar-refractivity contribution in [2.45, 2.75) is 32.7 Å². The van der Waals surface area contributed by atoms with E-state index >= 15 is 0 Å². The SMILES string of the molecule is CN(Cc1ccccc1)c1nccc(C(=O)Nc2ccc(C(C)(C)C)cc2)n1. The van der Waals surface area contributed by atoms with Crippen molar-refractivity contribution >= 4 is 17.5 Å². The van der Waals surface area contributed by atoms with Crippen molar-refractivity contribution in [1.82, 2.24) is 9.97 Å². The number of rotatable bonds is 5. The molecule has 5 heteroatoms. The Labute approximate surface area is 166 Å². The maximum atomic E-state index is 12.6. The van der Waals surface area contributed by atoms with Crippen LogP contribution in [-0.4, -0.2) is 22.9 Å². The first-order valence-corrected chi connectivity index (χ1v) is 9.33. The zero-order valence-electron chi connectivity index (χ0n) is 16.8. The highest BCUT2D eigenvalue weighted by atomic mass is 16.1. The van der Waals surface area contributed by atoms with Gasteiger partial charge in [0.2, 0.25) is 5.95 Å². The molecule has 0 saturated heterocycles. The molecule has 1 heterocycles. The van der Waals surface area contributed by atoms with Gasteiger partial charge in [-0.3, -0.25) is 4.79 Å². The molecule has 144 valence electrons. The van der Waals surface area contributed by atoms with Crippen molar-refractivity contribution in [2.75, 3.05) is 17.3 Å². The Morgan fingerprint density at radius 3 is 2.32 bits per heavy atom. The van der Waals surface area contributed by atoms with Gasteiger partial charge in [-0.05, 0) is 34.7 Å². The predicted molar refractivity (Wildman–Crippen MR) is 114 cm³/mol. The smallest absolute Gasteiger partial charge is 0.274 e. The number of nitrogens with zero attached hydrogens (tertiary/aromatic N) is 3. The summed E-state index contributed by atoms with van der Waals surface area (Å²) in [6, 6.07) is 19.6. The Balaban J connectivity index is 1.70. The van der Waals surface area contributed by atoms with Gasteiger partial charge in [0.15, 0.2) is 0 Å². The summed E-state index contributed by atoms with van der Waals surface area (Å²) in [5, 5.41) is 2.90. The second-order valence-corrected chi connectivity index (χ2v) is 7.87. The molecule has 2 aromatic carbocycles. The largest absolute Gasteiger partial charge is 0.340 e. The molecule has 5 nitrogen and oxygen atoms in total. The summed E-state index contributed by atoms with van der Waals surface area (Å²) < 4.78 is 0. The van der Waals surface area contributed by atoms with Gasteiger partial charge in [0.05, 0.1) is 0 Å². The van der Waals surface area contributed by atoms with Crippen molar-refractivity contribution in [3.63, 3.8) is 0 Å². The van der Waals surface area contributed by atoms with Crippen molar-refractivity contribution in [3.05, 3.63) is 83.7 Å². The summed E-state index contributed by atoms with van der Waals surface area (Å²) in [5.41, 5.74) is 3.54. The summed E-state index contributed by atoms with van der Waals surface area (Å²) in [7, 11) is 1.91. The normalized spacial score (nSPS) is 11.1. The van der Waals surface area contributed by atoms with E-state index in [2.05, 4.69) is 36.1 Å². The molecule has 3 aromatic rings. The first-order valence-electron chi connectivity index (χ1n) is 9.33. The van der Waals surface area contributed by atoms with Gasteiger partial charge in [0, 0.05) is 25.5 Å². The topological polar surface area (TPSA) is 58.1 Å². The monoisotopic (exact) mass is 374 g/mol. The van der Waals surface area contributed by atoms with Crippen molar-refractivity contribution in [3.8, 4) is 0 Å². The lowest BCUT2D eigenvalue weighted by Crippen LogP contribution is -2.21. The van der Waals surface area contributed by atoms with Gasteiger partial charge in [-0.2, -0.15) is 0 Å². The summed E-state index contributed by atoms with van der Waals surface area (Å²) in [6.07, 6.45) is 1.61. The van der Waals surface area contributed by atoms with E-state index in [9.17, 15) is 4.79 Å². The van der Waals surface area contributed by atoms with Crippen molar-refractivity contribution < 1.29 is 4.79 Å². The van der Waals surface area contributed by atoms with E-state index in [0.29, 0.717) is 18.2 Å². The third-order valence-corrected chi connectivity index (χ3v) is 4.49. The first-order chi connectivity index (χ1) is 13.3. The summed E-state index contributed by atoms with van der Waals surface area (Å²) in [6.45, 7) is 7.15. The van der Waals surface area contributed by atoms with E-state index in [1.54, 1.807) is 12.3 Å². The Morgan fingerprint density at radius 2 is 1.68 bits per heavy atom. The quantitative estimate of drug-likeness (QED) is 0.705. The molecule has 0 aliphatic carbocycles. The number of aromatic nitrogens is 2. The van der Waals surface area contributed by atoms with Gasteiger partial charge in [0.1, 0.15) is 5.69 Å². The minimum atomic E-state index is -0.250. The number of carbonyl (C=O) groups is 1. The van der Waals surface area contributed by atoms with Gasteiger partial charge in [-0.15, -0.1) is 0 Å². The Kier molecular flexibility index (Phi) is 5.73. The van der Waals surface area contributed by atoms with E-state index in [1.807, 2.05) is 66.5 Å². The zero-order chi connectivity index (χ0) is 20.1.